The molecule has 21 heavy (non-hydrogen) atoms. The summed E-state index contributed by atoms with van der Waals surface area (Å²) in [5.74, 6) is 0.757. The smallest absolute Gasteiger partial charge is 0.0416 e. The van der Waals surface area contributed by atoms with Crippen LogP contribution in [0.2, 0.25) is 0 Å². The lowest BCUT2D eigenvalue weighted by atomic mass is 9.69. The predicted molar refractivity (Wildman–Crippen MR) is 89.4 cm³/mol. The van der Waals surface area contributed by atoms with E-state index in [1.54, 1.807) is 0 Å². The summed E-state index contributed by atoms with van der Waals surface area (Å²) in [6.45, 7) is 7.10. The number of nitrogens with one attached hydrogen (secondary N) is 1. The van der Waals surface area contributed by atoms with Crippen molar-refractivity contribution in [3.05, 3.63) is 30.1 Å². The molecule has 118 valence electrons. The van der Waals surface area contributed by atoms with Gasteiger partial charge in [-0.15, -0.1) is 0 Å². The highest BCUT2D eigenvalue weighted by atomic mass is 15.1. The molecule has 1 heterocycles. The van der Waals surface area contributed by atoms with Gasteiger partial charge in [0.15, 0.2) is 0 Å². The number of hydrogen-bond donors (Lipinski definition) is 1. The Morgan fingerprint density at radius 1 is 1.38 bits per heavy atom. The van der Waals surface area contributed by atoms with E-state index in [4.69, 9.17) is 0 Å². The molecule has 0 aliphatic heterocycles. The number of hydrogen-bond acceptors (Lipinski definition) is 3. The SMILES string of the molecule is CNC1CCC(C)(C)CC1CN(C)CCc1ccccn1. The Morgan fingerprint density at radius 2 is 2.19 bits per heavy atom. The minimum Gasteiger partial charge on any atom is -0.317 e. The second-order valence-electron chi connectivity index (χ2n) is 7.40. The van der Waals surface area contributed by atoms with Gasteiger partial charge in [-0.25, -0.2) is 0 Å². The van der Waals surface area contributed by atoms with Crippen molar-refractivity contribution in [2.75, 3.05) is 27.2 Å². The molecule has 0 saturated heterocycles. The van der Waals surface area contributed by atoms with Crippen LogP contribution < -0.4 is 5.32 Å². The number of nitrogens with zero attached hydrogens (tertiary/aromatic N) is 2. The molecule has 2 atom stereocenters. The van der Waals surface area contributed by atoms with Gasteiger partial charge in [0, 0.05) is 37.4 Å². The molecule has 0 spiro atoms. The van der Waals surface area contributed by atoms with Crippen LogP contribution in [0.1, 0.15) is 38.8 Å². The minimum atomic E-state index is 0.500. The zero-order chi connectivity index (χ0) is 15.3. The second-order valence-corrected chi connectivity index (χ2v) is 7.40. The molecule has 0 amide bonds. The van der Waals surface area contributed by atoms with Crippen LogP contribution in [0.15, 0.2) is 24.4 Å². The van der Waals surface area contributed by atoms with E-state index in [0.29, 0.717) is 11.5 Å². The van der Waals surface area contributed by atoms with Crippen molar-refractivity contribution < 1.29 is 0 Å². The first-order chi connectivity index (χ1) is 10.00. The maximum atomic E-state index is 4.41. The topological polar surface area (TPSA) is 28.2 Å². The lowest BCUT2D eigenvalue weighted by Crippen LogP contribution is -2.46. The average Bonchev–Trinajstić information content (AvgIpc) is 2.46. The first-order valence-electron chi connectivity index (χ1n) is 8.26. The van der Waals surface area contributed by atoms with Crippen LogP contribution in [-0.4, -0.2) is 43.1 Å². The summed E-state index contributed by atoms with van der Waals surface area (Å²) in [4.78, 5) is 6.89. The van der Waals surface area contributed by atoms with E-state index < -0.39 is 0 Å². The molecule has 1 aromatic heterocycles. The Kier molecular flexibility index (Phi) is 5.77. The zero-order valence-electron chi connectivity index (χ0n) is 14.1. The Hall–Kier alpha value is -0.930. The Bertz CT molecular complexity index is 416. The molecular weight excluding hydrogens is 258 g/mol. The summed E-state index contributed by atoms with van der Waals surface area (Å²) in [5.41, 5.74) is 1.69. The van der Waals surface area contributed by atoms with Gasteiger partial charge in [-0.3, -0.25) is 4.98 Å². The van der Waals surface area contributed by atoms with Crippen molar-refractivity contribution in [2.45, 2.75) is 45.6 Å². The van der Waals surface area contributed by atoms with Crippen LogP contribution in [0.5, 0.6) is 0 Å². The third kappa shape index (κ3) is 5.08. The van der Waals surface area contributed by atoms with Gasteiger partial charge >= 0.3 is 0 Å². The molecule has 2 rings (SSSR count). The Morgan fingerprint density at radius 3 is 2.86 bits per heavy atom. The van der Waals surface area contributed by atoms with Crippen molar-refractivity contribution >= 4 is 0 Å². The van der Waals surface area contributed by atoms with Crippen LogP contribution in [-0.2, 0) is 6.42 Å². The highest BCUT2D eigenvalue weighted by Crippen LogP contribution is 2.38. The van der Waals surface area contributed by atoms with E-state index in [2.05, 4.69) is 55.3 Å². The first kappa shape index (κ1) is 16.4. The molecule has 1 fully saturated rings. The summed E-state index contributed by atoms with van der Waals surface area (Å²) < 4.78 is 0. The summed E-state index contributed by atoms with van der Waals surface area (Å²) >= 11 is 0. The third-order valence-corrected chi connectivity index (χ3v) is 4.91. The third-order valence-electron chi connectivity index (χ3n) is 4.91. The van der Waals surface area contributed by atoms with Gasteiger partial charge in [-0.1, -0.05) is 19.9 Å². The molecule has 2 unspecified atom stereocenters. The number of pyridine rings is 1. The quantitative estimate of drug-likeness (QED) is 0.872. The van der Waals surface area contributed by atoms with E-state index >= 15 is 0 Å². The second kappa shape index (κ2) is 7.37. The largest absolute Gasteiger partial charge is 0.317 e. The molecule has 3 nitrogen and oxygen atoms in total. The van der Waals surface area contributed by atoms with Gasteiger partial charge in [0.25, 0.3) is 0 Å². The highest BCUT2D eigenvalue weighted by Gasteiger charge is 2.34. The fourth-order valence-corrected chi connectivity index (χ4v) is 3.65. The molecule has 1 aromatic rings. The van der Waals surface area contributed by atoms with Gasteiger partial charge in [-0.05, 0) is 56.8 Å². The van der Waals surface area contributed by atoms with Crippen LogP contribution >= 0.6 is 0 Å². The number of aromatic nitrogens is 1. The molecule has 0 radical (unpaired) electrons. The molecule has 0 aromatic carbocycles. The van der Waals surface area contributed by atoms with Crippen molar-refractivity contribution in [3.63, 3.8) is 0 Å². The minimum absolute atomic E-state index is 0.500. The van der Waals surface area contributed by atoms with Crippen molar-refractivity contribution in [1.29, 1.82) is 0 Å². The molecule has 1 aliphatic rings. The summed E-state index contributed by atoms with van der Waals surface area (Å²) in [6, 6.07) is 6.85. The van der Waals surface area contributed by atoms with E-state index in [-0.39, 0.29) is 0 Å². The monoisotopic (exact) mass is 289 g/mol. The highest BCUT2D eigenvalue weighted by molar-refractivity contribution is 5.03. The van der Waals surface area contributed by atoms with Crippen molar-refractivity contribution in [1.82, 2.24) is 15.2 Å². The normalized spacial score (nSPS) is 25.2. The standard InChI is InChI=1S/C18H31N3/c1-18(2)10-8-17(19-3)15(13-18)14-21(4)12-9-16-7-5-6-11-20-16/h5-7,11,15,17,19H,8-10,12-14H2,1-4H3. The van der Waals surface area contributed by atoms with Gasteiger partial charge in [0.1, 0.15) is 0 Å². The first-order valence-corrected chi connectivity index (χ1v) is 8.26. The summed E-state index contributed by atoms with van der Waals surface area (Å²) in [5, 5.41) is 3.53. The van der Waals surface area contributed by atoms with Gasteiger partial charge < -0.3 is 10.2 Å². The molecular formula is C18H31N3. The van der Waals surface area contributed by atoms with Crippen LogP contribution in [0.3, 0.4) is 0 Å². The van der Waals surface area contributed by atoms with Gasteiger partial charge in [-0.2, -0.15) is 0 Å². The van der Waals surface area contributed by atoms with E-state index in [1.165, 1.54) is 31.5 Å². The lowest BCUT2D eigenvalue weighted by Gasteiger charge is -2.42. The average molecular weight is 289 g/mol. The fraction of sp³-hybridized carbons (Fsp3) is 0.722. The van der Waals surface area contributed by atoms with Crippen LogP contribution in [0.25, 0.3) is 0 Å². The maximum absolute atomic E-state index is 4.41. The molecule has 1 N–H and O–H groups in total. The summed E-state index contributed by atoms with van der Waals surface area (Å²) in [7, 11) is 4.36. The molecule has 3 heteroatoms. The van der Waals surface area contributed by atoms with Crippen molar-refractivity contribution in [2.24, 2.45) is 11.3 Å². The Balaban J connectivity index is 1.83. The number of rotatable bonds is 6. The molecule has 0 bridgehead atoms. The fourth-order valence-electron chi connectivity index (χ4n) is 3.65. The van der Waals surface area contributed by atoms with Crippen LogP contribution in [0, 0.1) is 11.3 Å². The van der Waals surface area contributed by atoms with Crippen LogP contribution in [0.4, 0.5) is 0 Å². The van der Waals surface area contributed by atoms with Gasteiger partial charge in [0.2, 0.25) is 0 Å². The van der Waals surface area contributed by atoms with E-state index in [1.807, 2.05) is 12.3 Å². The zero-order valence-corrected chi connectivity index (χ0v) is 14.1. The van der Waals surface area contributed by atoms with E-state index in [0.717, 1.165) is 18.9 Å². The van der Waals surface area contributed by atoms with Crippen molar-refractivity contribution in [3.8, 4) is 0 Å². The van der Waals surface area contributed by atoms with E-state index in [9.17, 15) is 0 Å². The molecule has 1 aliphatic carbocycles. The lowest BCUT2D eigenvalue weighted by molar-refractivity contribution is 0.112. The maximum Gasteiger partial charge on any atom is 0.0416 e. The summed E-state index contributed by atoms with van der Waals surface area (Å²) in [6.07, 6.45) is 6.90. The Labute approximate surface area is 130 Å². The van der Waals surface area contributed by atoms with Gasteiger partial charge in [0.05, 0.1) is 0 Å². The predicted octanol–water partition coefficient (Wildman–Crippen LogP) is 2.97. The number of likely N-dealkylation sites (N-methyl/N-ethyl adjacent to an activating group) is 1. The molecule has 1 saturated carbocycles.